The van der Waals surface area contributed by atoms with Crippen molar-refractivity contribution in [1.82, 2.24) is 9.78 Å². The summed E-state index contributed by atoms with van der Waals surface area (Å²) in [5, 5.41) is 3.83. The van der Waals surface area contributed by atoms with Crippen LogP contribution >= 0.6 is 0 Å². The van der Waals surface area contributed by atoms with Crippen LogP contribution in [0.25, 0.3) is 0 Å². The summed E-state index contributed by atoms with van der Waals surface area (Å²) < 4.78 is 28.5. The first-order valence-corrected chi connectivity index (χ1v) is 6.81. The number of esters is 1. The number of ether oxygens (including phenoxy) is 1. The summed E-state index contributed by atoms with van der Waals surface area (Å²) in [6.07, 6.45) is 3.67. The van der Waals surface area contributed by atoms with Gasteiger partial charge in [-0.05, 0) is 6.92 Å². The van der Waals surface area contributed by atoms with Crippen LogP contribution in [0.1, 0.15) is 6.92 Å². The lowest BCUT2D eigenvalue weighted by Crippen LogP contribution is -2.12. The van der Waals surface area contributed by atoms with Crippen molar-refractivity contribution in [3.63, 3.8) is 0 Å². The minimum atomic E-state index is -3.28. The number of aromatic nitrogens is 2. The first-order chi connectivity index (χ1) is 7.84. The lowest BCUT2D eigenvalue weighted by molar-refractivity contribution is -0.138. The lowest BCUT2D eigenvalue weighted by atomic mass is 10.3. The fourth-order valence-corrected chi connectivity index (χ4v) is 1.67. The molecule has 0 aliphatic rings. The van der Waals surface area contributed by atoms with Gasteiger partial charge >= 0.3 is 5.97 Å². The fraction of sp³-hybridized carbons (Fsp3) is 0.400. The molecule has 0 N–H and O–H groups in total. The van der Waals surface area contributed by atoms with Crippen LogP contribution in [0.2, 0.25) is 0 Å². The SMILES string of the molecule is C=C(Cn1cc(S(C)(=O)=O)cn1)C(=O)OCC. The van der Waals surface area contributed by atoms with Crippen molar-refractivity contribution >= 4 is 15.8 Å². The second-order valence-electron chi connectivity index (χ2n) is 3.47. The molecule has 1 aromatic rings. The van der Waals surface area contributed by atoms with Crippen LogP contribution < -0.4 is 0 Å². The van der Waals surface area contributed by atoms with Crippen LogP contribution in [0.15, 0.2) is 29.4 Å². The third-order valence-corrected chi connectivity index (χ3v) is 3.02. The molecule has 0 atom stereocenters. The normalized spacial score (nSPS) is 11.2. The van der Waals surface area contributed by atoms with Gasteiger partial charge in [0, 0.05) is 12.5 Å². The molecule has 1 rings (SSSR count). The van der Waals surface area contributed by atoms with Crippen molar-refractivity contribution in [3.05, 3.63) is 24.5 Å². The second kappa shape index (κ2) is 5.13. The van der Waals surface area contributed by atoms with Gasteiger partial charge in [-0.2, -0.15) is 5.10 Å². The highest BCUT2D eigenvalue weighted by atomic mass is 32.2. The summed E-state index contributed by atoms with van der Waals surface area (Å²) >= 11 is 0. The van der Waals surface area contributed by atoms with Gasteiger partial charge in [0.15, 0.2) is 9.84 Å². The second-order valence-corrected chi connectivity index (χ2v) is 5.49. The molecule has 94 valence electrons. The summed E-state index contributed by atoms with van der Waals surface area (Å²) in [5.41, 5.74) is 0.218. The highest BCUT2D eigenvalue weighted by Gasteiger charge is 2.13. The number of carbonyl (C=O) groups is 1. The van der Waals surface area contributed by atoms with Gasteiger partial charge in [0.05, 0.1) is 24.9 Å². The van der Waals surface area contributed by atoms with Crippen molar-refractivity contribution in [2.75, 3.05) is 12.9 Å². The average molecular weight is 258 g/mol. The van der Waals surface area contributed by atoms with E-state index in [1.165, 1.54) is 17.1 Å². The lowest BCUT2D eigenvalue weighted by Gasteiger charge is -2.04. The smallest absolute Gasteiger partial charge is 0.335 e. The van der Waals surface area contributed by atoms with Crippen LogP contribution in [0.4, 0.5) is 0 Å². The minimum absolute atomic E-state index is 0.106. The zero-order valence-corrected chi connectivity index (χ0v) is 10.5. The summed E-state index contributed by atoms with van der Waals surface area (Å²) in [7, 11) is -3.28. The molecule has 0 unspecified atom stereocenters. The standard InChI is InChI=1S/C10H14N2O4S/c1-4-16-10(13)8(2)6-12-7-9(5-11-12)17(3,14)15/h5,7H,2,4,6H2,1,3H3. The molecule has 0 radical (unpaired) electrons. The summed E-state index contributed by atoms with van der Waals surface area (Å²) in [6.45, 7) is 5.63. The first-order valence-electron chi connectivity index (χ1n) is 4.92. The van der Waals surface area contributed by atoms with Crippen LogP contribution in [-0.4, -0.2) is 37.0 Å². The topological polar surface area (TPSA) is 78.3 Å². The molecule has 0 bridgehead atoms. The van der Waals surface area contributed by atoms with E-state index >= 15 is 0 Å². The molecule has 0 spiro atoms. The molecule has 0 saturated heterocycles. The van der Waals surface area contributed by atoms with Gasteiger partial charge in [-0.25, -0.2) is 13.2 Å². The average Bonchev–Trinajstić information content (AvgIpc) is 2.66. The van der Waals surface area contributed by atoms with Gasteiger partial charge in [0.2, 0.25) is 0 Å². The van der Waals surface area contributed by atoms with Gasteiger partial charge in [-0.3, -0.25) is 4.68 Å². The van der Waals surface area contributed by atoms with Crippen LogP contribution in [-0.2, 0) is 25.9 Å². The maximum absolute atomic E-state index is 11.3. The number of carbonyl (C=O) groups excluding carboxylic acids is 1. The van der Waals surface area contributed by atoms with Crippen LogP contribution in [0, 0.1) is 0 Å². The van der Waals surface area contributed by atoms with Crippen LogP contribution in [0.5, 0.6) is 0 Å². The maximum Gasteiger partial charge on any atom is 0.335 e. The van der Waals surface area contributed by atoms with E-state index in [0.29, 0.717) is 0 Å². The Kier molecular flexibility index (Phi) is 4.06. The van der Waals surface area contributed by atoms with Crippen molar-refractivity contribution in [2.45, 2.75) is 18.4 Å². The van der Waals surface area contributed by atoms with Gasteiger partial charge in [-0.15, -0.1) is 0 Å². The molecule has 0 amide bonds. The Morgan fingerprint density at radius 2 is 2.24 bits per heavy atom. The van der Waals surface area contributed by atoms with Crippen molar-refractivity contribution < 1.29 is 17.9 Å². The van der Waals surface area contributed by atoms with Gasteiger partial charge < -0.3 is 4.74 Å². The van der Waals surface area contributed by atoms with E-state index in [0.717, 1.165) is 6.26 Å². The molecular weight excluding hydrogens is 244 g/mol. The van der Waals surface area contributed by atoms with Crippen molar-refractivity contribution in [3.8, 4) is 0 Å². The van der Waals surface area contributed by atoms with E-state index < -0.39 is 15.8 Å². The van der Waals surface area contributed by atoms with Gasteiger partial charge in [-0.1, -0.05) is 6.58 Å². The molecule has 0 aromatic carbocycles. The predicted molar refractivity (Wildman–Crippen MR) is 61.1 cm³/mol. The Morgan fingerprint density at radius 3 is 2.71 bits per heavy atom. The zero-order valence-electron chi connectivity index (χ0n) is 9.71. The molecule has 0 saturated carbocycles. The zero-order chi connectivity index (χ0) is 13.1. The van der Waals surface area contributed by atoms with E-state index in [1.54, 1.807) is 6.92 Å². The highest BCUT2D eigenvalue weighted by molar-refractivity contribution is 7.90. The van der Waals surface area contributed by atoms with Crippen LogP contribution in [0.3, 0.4) is 0 Å². The molecule has 0 fully saturated rings. The predicted octanol–water partition coefficient (Wildman–Crippen LogP) is 0.406. The Labute approximate surface area is 99.8 Å². The maximum atomic E-state index is 11.3. The summed E-state index contributed by atoms with van der Waals surface area (Å²) in [5.74, 6) is -0.510. The molecule has 1 heterocycles. The van der Waals surface area contributed by atoms with Crippen molar-refractivity contribution in [2.24, 2.45) is 0 Å². The minimum Gasteiger partial charge on any atom is -0.463 e. The van der Waals surface area contributed by atoms with E-state index in [1.807, 2.05) is 0 Å². The van der Waals surface area contributed by atoms with Gasteiger partial charge in [0.1, 0.15) is 4.90 Å². The van der Waals surface area contributed by atoms with E-state index in [4.69, 9.17) is 4.74 Å². The highest BCUT2D eigenvalue weighted by Crippen LogP contribution is 2.08. The number of rotatable bonds is 5. The Balaban J connectivity index is 2.74. The first kappa shape index (κ1) is 13.4. The largest absolute Gasteiger partial charge is 0.463 e. The molecule has 7 heteroatoms. The number of nitrogens with zero attached hydrogens (tertiary/aromatic N) is 2. The fourth-order valence-electron chi connectivity index (χ4n) is 1.12. The summed E-state index contributed by atoms with van der Waals surface area (Å²) in [4.78, 5) is 11.4. The molecule has 17 heavy (non-hydrogen) atoms. The molecular formula is C10H14N2O4S. The molecule has 0 aliphatic heterocycles. The number of sulfone groups is 1. The summed E-state index contributed by atoms with van der Waals surface area (Å²) in [6, 6.07) is 0. The molecule has 1 aromatic heterocycles. The molecule has 6 nitrogen and oxygen atoms in total. The molecule has 0 aliphatic carbocycles. The quantitative estimate of drug-likeness (QED) is 0.564. The van der Waals surface area contributed by atoms with E-state index in [9.17, 15) is 13.2 Å². The Bertz CT molecular complexity index is 530. The Morgan fingerprint density at radius 1 is 1.59 bits per heavy atom. The Hall–Kier alpha value is -1.63. The van der Waals surface area contributed by atoms with Crippen molar-refractivity contribution in [1.29, 1.82) is 0 Å². The number of hydrogen-bond acceptors (Lipinski definition) is 5. The third-order valence-electron chi connectivity index (χ3n) is 1.95. The number of hydrogen-bond donors (Lipinski definition) is 0. The van der Waals surface area contributed by atoms with E-state index in [2.05, 4.69) is 11.7 Å². The van der Waals surface area contributed by atoms with Gasteiger partial charge in [0.25, 0.3) is 0 Å². The monoisotopic (exact) mass is 258 g/mol. The van der Waals surface area contributed by atoms with E-state index in [-0.39, 0.29) is 23.6 Å². The third kappa shape index (κ3) is 3.70.